The Kier molecular flexibility index (Phi) is 3.14. The Morgan fingerprint density at radius 1 is 1.09 bits per heavy atom. The van der Waals surface area contributed by atoms with Crippen LogP contribution in [0.15, 0.2) is 47.1 Å². The topological polar surface area (TPSA) is 128 Å². The minimum Gasteiger partial charge on any atom is -0.463 e. The molecule has 0 radical (unpaired) electrons. The molecular weight excluding hydrogens is 292 g/mol. The number of nitrogens with one attached hydrogen (secondary N) is 1. The summed E-state index contributed by atoms with van der Waals surface area (Å²) in [5.41, 5.74) is 0.300. The Hall–Kier alpha value is -3.49. The minimum absolute atomic E-state index is 0.185. The molecule has 2 aromatic heterocycles. The van der Waals surface area contributed by atoms with Crippen molar-refractivity contribution in [1.29, 1.82) is 0 Å². The maximum Gasteiger partial charge on any atom is 0.285 e. The van der Waals surface area contributed by atoms with Crippen molar-refractivity contribution in [2.75, 3.05) is 0 Å². The molecule has 2 heterocycles. The summed E-state index contributed by atoms with van der Waals surface area (Å²) in [6.07, 6.45) is 1.49. The van der Waals surface area contributed by atoms with Gasteiger partial charge in [0.1, 0.15) is 5.69 Å². The molecule has 0 aliphatic heterocycles. The first kappa shape index (κ1) is 13.5. The molecule has 0 amide bonds. The lowest BCUT2D eigenvalue weighted by atomic mass is 10.1. The number of non-ortho nitro benzene ring substituents is 1. The molecule has 0 aliphatic carbocycles. The fourth-order valence-electron chi connectivity index (χ4n) is 2.02. The van der Waals surface area contributed by atoms with Crippen LogP contribution in [-0.4, -0.2) is 20.0 Å². The monoisotopic (exact) mass is 300 g/mol. The van der Waals surface area contributed by atoms with Gasteiger partial charge in [-0.15, -0.1) is 0 Å². The third kappa shape index (κ3) is 2.30. The van der Waals surface area contributed by atoms with Crippen molar-refractivity contribution >= 4 is 11.4 Å². The molecule has 0 saturated carbocycles. The van der Waals surface area contributed by atoms with Crippen molar-refractivity contribution in [3.63, 3.8) is 0 Å². The van der Waals surface area contributed by atoms with Crippen LogP contribution in [0.5, 0.6) is 0 Å². The van der Waals surface area contributed by atoms with Crippen molar-refractivity contribution in [3.8, 4) is 22.7 Å². The summed E-state index contributed by atoms with van der Waals surface area (Å²) in [5, 5.41) is 28.6. The second kappa shape index (κ2) is 5.13. The highest BCUT2D eigenvalue weighted by molar-refractivity contribution is 5.75. The van der Waals surface area contributed by atoms with E-state index in [1.165, 1.54) is 18.4 Å². The molecule has 22 heavy (non-hydrogen) atoms. The van der Waals surface area contributed by atoms with Crippen LogP contribution in [0.25, 0.3) is 22.7 Å². The third-order valence-corrected chi connectivity index (χ3v) is 3.03. The van der Waals surface area contributed by atoms with Gasteiger partial charge in [-0.2, -0.15) is 5.10 Å². The lowest BCUT2D eigenvalue weighted by molar-refractivity contribution is -0.393. The quantitative estimate of drug-likeness (QED) is 0.582. The van der Waals surface area contributed by atoms with Crippen LogP contribution in [0, 0.1) is 20.2 Å². The van der Waals surface area contributed by atoms with E-state index in [1.54, 1.807) is 18.2 Å². The first-order valence-corrected chi connectivity index (χ1v) is 6.09. The van der Waals surface area contributed by atoms with Gasteiger partial charge in [-0.3, -0.25) is 25.3 Å². The molecule has 110 valence electrons. The molecule has 0 spiro atoms. The van der Waals surface area contributed by atoms with Crippen LogP contribution in [0.3, 0.4) is 0 Å². The van der Waals surface area contributed by atoms with Crippen molar-refractivity contribution in [1.82, 2.24) is 10.2 Å². The average Bonchev–Trinajstić information content (AvgIpc) is 3.17. The van der Waals surface area contributed by atoms with Crippen LogP contribution in [-0.2, 0) is 0 Å². The van der Waals surface area contributed by atoms with Gasteiger partial charge < -0.3 is 4.42 Å². The molecule has 9 heteroatoms. The molecule has 1 aromatic carbocycles. The number of nitro benzene ring substituents is 2. The zero-order chi connectivity index (χ0) is 15.7. The van der Waals surface area contributed by atoms with E-state index in [1.807, 2.05) is 0 Å². The zero-order valence-corrected chi connectivity index (χ0v) is 10.9. The number of hydrogen-bond acceptors (Lipinski definition) is 6. The molecule has 3 rings (SSSR count). The normalized spacial score (nSPS) is 10.5. The van der Waals surface area contributed by atoms with Crippen molar-refractivity contribution < 1.29 is 14.3 Å². The van der Waals surface area contributed by atoms with Crippen LogP contribution in [0.4, 0.5) is 11.4 Å². The first-order valence-electron chi connectivity index (χ1n) is 6.09. The number of hydrogen-bond donors (Lipinski definition) is 1. The average molecular weight is 300 g/mol. The van der Waals surface area contributed by atoms with Crippen LogP contribution >= 0.6 is 0 Å². The fourth-order valence-corrected chi connectivity index (χ4v) is 2.02. The molecule has 0 saturated heterocycles. The Bertz CT molecular complexity index is 853. The van der Waals surface area contributed by atoms with Gasteiger partial charge in [0.05, 0.1) is 33.4 Å². The highest BCUT2D eigenvalue weighted by Crippen LogP contribution is 2.33. The number of H-pyrrole nitrogens is 1. The Labute approximate surface area is 122 Å². The van der Waals surface area contributed by atoms with Gasteiger partial charge in [0.2, 0.25) is 0 Å². The third-order valence-electron chi connectivity index (χ3n) is 3.03. The summed E-state index contributed by atoms with van der Waals surface area (Å²) >= 11 is 0. The lowest BCUT2D eigenvalue weighted by Crippen LogP contribution is -1.95. The van der Waals surface area contributed by atoms with E-state index in [9.17, 15) is 20.2 Å². The van der Waals surface area contributed by atoms with Gasteiger partial charge >= 0.3 is 0 Å². The van der Waals surface area contributed by atoms with Crippen molar-refractivity contribution in [2.45, 2.75) is 0 Å². The van der Waals surface area contributed by atoms with Crippen LogP contribution < -0.4 is 0 Å². The van der Waals surface area contributed by atoms with E-state index in [4.69, 9.17) is 4.42 Å². The van der Waals surface area contributed by atoms with Gasteiger partial charge in [-0.25, -0.2) is 0 Å². The zero-order valence-electron chi connectivity index (χ0n) is 10.9. The fraction of sp³-hybridized carbons (Fsp3) is 0. The van der Waals surface area contributed by atoms with Crippen molar-refractivity contribution in [2.24, 2.45) is 0 Å². The standard InChI is InChI=1S/C13H8N4O5/c18-16(19)8-3-4-9(12(6-8)17(20)21)10-7-11(15-14-10)13-2-1-5-22-13/h1-7H,(H,14,15). The van der Waals surface area contributed by atoms with Gasteiger partial charge in [0, 0.05) is 6.07 Å². The molecule has 3 aromatic rings. The number of aromatic nitrogens is 2. The van der Waals surface area contributed by atoms with Crippen LogP contribution in [0.2, 0.25) is 0 Å². The van der Waals surface area contributed by atoms with Crippen molar-refractivity contribution in [3.05, 3.63) is 62.9 Å². The van der Waals surface area contributed by atoms with Crippen LogP contribution in [0.1, 0.15) is 0 Å². The SMILES string of the molecule is O=[N+]([O-])c1ccc(-c2cc(-c3ccco3)[nH]n2)c([N+](=O)[O-])c1. The molecule has 9 nitrogen and oxygen atoms in total. The van der Waals surface area contributed by atoms with Gasteiger partial charge in [0.15, 0.2) is 5.76 Å². The number of benzene rings is 1. The summed E-state index contributed by atoms with van der Waals surface area (Å²) in [4.78, 5) is 20.5. The molecule has 0 atom stereocenters. The molecule has 0 unspecified atom stereocenters. The largest absolute Gasteiger partial charge is 0.463 e. The number of nitro groups is 2. The summed E-state index contributed by atoms with van der Waals surface area (Å²) in [5.74, 6) is 0.531. The number of rotatable bonds is 4. The minimum atomic E-state index is -0.685. The summed E-state index contributed by atoms with van der Waals surface area (Å²) in [7, 11) is 0. The molecule has 1 N–H and O–H groups in total. The second-order valence-electron chi connectivity index (χ2n) is 4.36. The molecule has 0 bridgehead atoms. The Balaban J connectivity index is 2.08. The molecule has 0 aliphatic rings. The highest BCUT2D eigenvalue weighted by Gasteiger charge is 2.22. The smallest absolute Gasteiger partial charge is 0.285 e. The summed E-state index contributed by atoms with van der Waals surface area (Å²) in [6, 6.07) is 8.40. The Morgan fingerprint density at radius 3 is 2.55 bits per heavy atom. The lowest BCUT2D eigenvalue weighted by Gasteiger charge is -1.99. The van der Waals surface area contributed by atoms with E-state index in [0.29, 0.717) is 17.1 Å². The molecular formula is C13H8N4O5. The predicted molar refractivity (Wildman–Crippen MR) is 75.0 cm³/mol. The molecule has 0 fully saturated rings. The highest BCUT2D eigenvalue weighted by atomic mass is 16.6. The number of aromatic amines is 1. The van der Waals surface area contributed by atoms with E-state index < -0.39 is 9.85 Å². The van der Waals surface area contributed by atoms with E-state index in [-0.39, 0.29) is 16.9 Å². The van der Waals surface area contributed by atoms with E-state index >= 15 is 0 Å². The Morgan fingerprint density at radius 2 is 1.91 bits per heavy atom. The predicted octanol–water partition coefficient (Wildman–Crippen LogP) is 3.15. The summed E-state index contributed by atoms with van der Waals surface area (Å²) in [6.45, 7) is 0. The maximum atomic E-state index is 11.1. The van der Waals surface area contributed by atoms with Gasteiger partial charge in [-0.05, 0) is 24.3 Å². The maximum absolute atomic E-state index is 11.1. The number of nitrogens with zero attached hydrogens (tertiary/aromatic N) is 3. The van der Waals surface area contributed by atoms with Gasteiger partial charge in [0.25, 0.3) is 11.4 Å². The number of furan rings is 1. The summed E-state index contributed by atoms with van der Waals surface area (Å²) < 4.78 is 5.20. The van der Waals surface area contributed by atoms with E-state index in [2.05, 4.69) is 10.2 Å². The van der Waals surface area contributed by atoms with E-state index in [0.717, 1.165) is 6.07 Å². The van der Waals surface area contributed by atoms with Gasteiger partial charge in [-0.1, -0.05) is 0 Å². The first-order chi connectivity index (χ1) is 10.6. The second-order valence-corrected chi connectivity index (χ2v) is 4.36.